The molecule has 1 aliphatic heterocycles. The summed E-state index contributed by atoms with van der Waals surface area (Å²) in [5.74, 6) is 0.0745. The van der Waals surface area contributed by atoms with E-state index < -0.39 is 5.60 Å². The van der Waals surface area contributed by atoms with Gasteiger partial charge in [0.2, 0.25) is 5.91 Å². The van der Waals surface area contributed by atoms with Crippen molar-refractivity contribution in [3.05, 3.63) is 30.7 Å². The van der Waals surface area contributed by atoms with E-state index in [-0.39, 0.29) is 5.91 Å². The zero-order valence-electron chi connectivity index (χ0n) is 16.0. The molecule has 7 nitrogen and oxygen atoms in total. The molecule has 1 aliphatic rings. The van der Waals surface area contributed by atoms with Gasteiger partial charge in [0.05, 0.1) is 11.1 Å². The first kappa shape index (κ1) is 19.5. The van der Waals surface area contributed by atoms with Crippen molar-refractivity contribution in [1.82, 2.24) is 14.9 Å². The van der Waals surface area contributed by atoms with Crippen LogP contribution in [0.25, 0.3) is 10.9 Å². The Hall–Kier alpha value is -2.25. The second-order valence-electron chi connectivity index (χ2n) is 7.43. The van der Waals surface area contributed by atoms with Gasteiger partial charge in [-0.2, -0.15) is 0 Å². The number of rotatable bonds is 7. The van der Waals surface area contributed by atoms with Gasteiger partial charge in [0.1, 0.15) is 0 Å². The number of nitrogens with two attached hydrogens (primary N) is 1. The SMILES string of the molecule is CN(CC1(O)CCN(c2ccnc3ccncc23)CC1)C(=O)CCCCN. The van der Waals surface area contributed by atoms with Gasteiger partial charge < -0.3 is 20.6 Å². The third kappa shape index (κ3) is 4.73. The summed E-state index contributed by atoms with van der Waals surface area (Å²) in [6.07, 6.45) is 8.79. The molecule has 1 saturated heterocycles. The van der Waals surface area contributed by atoms with E-state index in [1.807, 2.05) is 24.5 Å². The highest BCUT2D eigenvalue weighted by Gasteiger charge is 2.34. The van der Waals surface area contributed by atoms with Crippen molar-refractivity contribution in [3.8, 4) is 0 Å². The molecule has 2 aromatic heterocycles. The normalized spacial score (nSPS) is 16.5. The van der Waals surface area contributed by atoms with Gasteiger partial charge in [0, 0.05) is 62.8 Å². The van der Waals surface area contributed by atoms with Gasteiger partial charge in [-0.25, -0.2) is 0 Å². The number of aromatic nitrogens is 2. The van der Waals surface area contributed by atoms with E-state index in [1.54, 1.807) is 18.1 Å². The number of hydrogen-bond donors (Lipinski definition) is 2. The standard InChI is InChI=1S/C20H29N5O2/c1-24(19(26)4-2-3-9-21)15-20(27)7-12-25(13-8-20)18-6-11-23-17-5-10-22-14-16(17)18/h5-6,10-11,14,27H,2-4,7-9,12-13,15,21H2,1H3. The highest BCUT2D eigenvalue weighted by atomic mass is 16.3. The predicted octanol–water partition coefficient (Wildman–Crippen LogP) is 1.55. The maximum Gasteiger partial charge on any atom is 0.222 e. The van der Waals surface area contributed by atoms with Gasteiger partial charge in [-0.05, 0) is 44.4 Å². The molecule has 3 heterocycles. The number of hydrogen-bond acceptors (Lipinski definition) is 6. The lowest BCUT2D eigenvalue weighted by Gasteiger charge is -2.41. The van der Waals surface area contributed by atoms with Crippen LogP contribution in [0, 0.1) is 0 Å². The fourth-order valence-corrected chi connectivity index (χ4v) is 3.71. The Morgan fingerprint density at radius 3 is 2.81 bits per heavy atom. The van der Waals surface area contributed by atoms with Crippen LogP contribution >= 0.6 is 0 Å². The fourth-order valence-electron chi connectivity index (χ4n) is 3.71. The largest absolute Gasteiger partial charge is 0.388 e. The minimum Gasteiger partial charge on any atom is -0.388 e. The van der Waals surface area contributed by atoms with E-state index in [1.165, 1.54) is 0 Å². The Morgan fingerprint density at radius 1 is 1.30 bits per heavy atom. The molecule has 2 aromatic rings. The Balaban J connectivity index is 1.59. The number of amides is 1. The van der Waals surface area contributed by atoms with E-state index in [0.717, 1.165) is 42.5 Å². The van der Waals surface area contributed by atoms with Crippen LogP contribution < -0.4 is 10.6 Å². The van der Waals surface area contributed by atoms with E-state index in [0.29, 0.717) is 32.4 Å². The van der Waals surface area contributed by atoms with Crippen molar-refractivity contribution in [3.63, 3.8) is 0 Å². The molecule has 146 valence electrons. The minimum atomic E-state index is -0.837. The van der Waals surface area contributed by atoms with Crippen LogP contribution in [0.15, 0.2) is 30.7 Å². The average Bonchev–Trinajstić information content (AvgIpc) is 2.68. The number of carbonyl (C=O) groups excluding carboxylic acids is 1. The molecular weight excluding hydrogens is 342 g/mol. The first-order chi connectivity index (χ1) is 13.0. The van der Waals surface area contributed by atoms with E-state index >= 15 is 0 Å². The number of piperidine rings is 1. The van der Waals surface area contributed by atoms with Crippen molar-refractivity contribution >= 4 is 22.5 Å². The maximum absolute atomic E-state index is 12.2. The highest BCUT2D eigenvalue weighted by molar-refractivity contribution is 5.90. The second kappa shape index (κ2) is 8.63. The number of nitrogens with zero attached hydrogens (tertiary/aromatic N) is 4. The Bertz CT molecular complexity index is 769. The predicted molar refractivity (Wildman–Crippen MR) is 106 cm³/mol. The third-order valence-corrected chi connectivity index (χ3v) is 5.36. The average molecular weight is 371 g/mol. The molecule has 1 fully saturated rings. The van der Waals surface area contributed by atoms with Crippen molar-refractivity contribution in [2.24, 2.45) is 5.73 Å². The summed E-state index contributed by atoms with van der Waals surface area (Å²) >= 11 is 0. The Morgan fingerprint density at radius 2 is 2.07 bits per heavy atom. The van der Waals surface area contributed by atoms with E-state index in [4.69, 9.17) is 5.73 Å². The quantitative estimate of drug-likeness (QED) is 0.717. The van der Waals surface area contributed by atoms with Crippen molar-refractivity contribution in [2.75, 3.05) is 38.1 Å². The maximum atomic E-state index is 12.2. The molecule has 0 radical (unpaired) electrons. The second-order valence-corrected chi connectivity index (χ2v) is 7.43. The van der Waals surface area contributed by atoms with Gasteiger partial charge >= 0.3 is 0 Å². The third-order valence-electron chi connectivity index (χ3n) is 5.36. The molecular formula is C20H29N5O2. The van der Waals surface area contributed by atoms with Crippen LogP contribution in [0.2, 0.25) is 0 Å². The lowest BCUT2D eigenvalue weighted by Crippen LogP contribution is -2.51. The van der Waals surface area contributed by atoms with Gasteiger partial charge in [0.25, 0.3) is 0 Å². The smallest absolute Gasteiger partial charge is 0.222 e. The zero-order valence-corrected chi connectivity index (χ0v) is 16.0. The monoisotopic (exact) mass is 371 g/mol. The number of fused-ring (bicyclic) bond motifs is 1. The molecule has 0 unspecified atom stereocenters. The van der Waals surface area contributed by atoms with Crippen molar-refractivity contribution < 1.29 is 9.90 Å². The van der Waals surface area contributed by atoms with Crippen LogP contribution in [-0.2, 0) is 4.79 Å². The first-order valence-electron chi connectivity index (χ1n) is 9.62. The van der Waals surface area contributed by atoms with E-state index in [9.17, 15) is 9.90 Å². The van der Waals surface area contributed by atoms with Gasteiger partial charge in [-0.1, -0.05) is 0 Å². The van der Waals surface area contributed by atoms with Gasteiger partial charge in [0.15, 0.2) is 0 Å². The zero-order chi connectivity index (χ0) is 19.3. The summed E-state index contributed by atoms with van der Waals surface area (Å²) in [5.41, 5.74) is 6.66. The van der Waals surface area contributed by atoms with Crippen LogP contribution in [0.3, 0.4) is 0 Å². The van der Waals surface area contributed by atoms with E-state index in [2.05, 4.69) is 14.9 Å². The minimum absolute atomic E-state index is 0.0745. The number of carbonyl (C=O) groups is 1. The highest BCUT2D eigenvalue weighted by Crippen LogP contribution is 2.30. The summed E-state index contributed by atoms with van der Waals surface area (Å²) in [7, 11) is 1.77. The first-order valence-corrected chi connectivity index (χ1v) is 9.62. The number of likely N-dealkylation sites (N-methyl/N-ethyl adjacent to an activating group) is 1. The summed E-state index contributed by atoms with van der Waals surface area (Å²) in [5, 5.41) is 12.0. The van der Waals surface area contributed by atoms with Crippen molar-refractivity contribution in [2.45, 2.75) is 37.7 Å². The van der Waals surface area contributed by atoms with Crippen molar-refractivity contribution in [1.29, 1.82) is 0 Å². The number of pyridine rings is 2. The lowest BCUT2D eigenvalue weighted by atomic mass is 9.90. The lowest BCUT2D eigenvalue weighted by molar-refractivity contribution is -0.134. The van der Waals surface area contributed by atoms with Crippen LogP contribution in [0.1, 0.15) is 32.1 Å². The molecule has 0 saturated carbocycles. The number of unbranched alkanes of at least 4 members (excludes halogenated alkanes) is 1. The molecule has 0 aliphatic carbocycles. The number of anilines is 1. The molecule has 1 amide bonds. The Labute approximate surface area is 160 Å². The summed E-state index contributed by atoms with van der Waals surface area (Å²) in [6.45, 7) is 2.45. The molecule has 3 rings (SSSR count). The van der Waals surface area contributed by atoms with Crippen LogP contribution in [-0.4, -0.2) is 64.7 Å². The van der Waals surface area contributed by atoms with Crippen LogP contribution in [0.4, 0.5) is 5.69 Å². The molecule has 3 N–H and O–H groups in total. The van der Waals surface area contributed by atoms with Gasteiger partial charge in [-0.15, -0.1) is 0 Å². The molecule has 0 spiro atoms. The summed E-state index contributed by atoms with van der Waals surface area (Å²) in [6, 6.07) is 3.91. The summed E-state index contributed by atoms with van der Waals surface area (Å²) in [4.78, 5) is 24.8. The van der Waals surface area contributed by atoms with Crippen LogP contribution in [0.5, 0.6) is 0 Å². The number of aliphatic hydroxyl groups is 1. The molecule has 0 aromatic carbocycles. The topological polar surface area (TPSA) is 95.6 Å². The fraction of sp³-hybridized carbons (Fsp3) is 0.550. The molecule has 0 bridgehead atoms. The molecule has 27 heavy (non-hydrogen) atoms. The molecule has 0 atom stereocenters. The molecule has 7 heteroatoms. The van der Waals surface area contributed by atoms with Gasteiger partial charge in [-0.3, -0.25) is 14.8 Å². The summed E-state index contributed by atoms with van der Waals surface area (Å²) < 4.78 is 0. The Kier molecular flexibility index (Phi) is 6.23.